The Morgan fingerprint density at radius 1 is 1.37 bits per heavy atom. The number of aliphatic hydroxyl groups excluding tert-OH is 1. The summed E-state index contributed by atoms with van der Waals surface area (Å²) in [6.45, 7) is 2.39. The molecule has 1 aromatic heterocycles. The summed E-state index contributed by atoms with van der Waals surface area (Å²) in [5, 5.41) is 12.4. The molecule has 0 saturated carbocycles. The van der Waals surface area contributed by atoms with Crippen LogP contribution < -0.4 is 5.32 Å². The minimum absolute atomic E-state index is 0.181. The Balaban J connectivity index is 1.98. The topological polar surface area (TPSA) is 32.3 Å². The molecule has 2 N–H and O–H groups in total. The molecule has 0 fully saturated rings. The van der Waals surface area contributed by atoms with E-state index in [1.807, 2.05) is 12.1 Å². The van der Waals surface area contributed by atoms with Crippen molar-refractivity contribution in [2.45, 2.75) is 26.1 Å². The number of thiophene rings is 1. The van der Waals surface area contributed by atoms with Gasteiger partial charge in [0.25, 0.3) is 0 Å². The van der Waals surface area contributed by atoms with Crippen molar-refractivity contribution in [3.63, 3.8) is 0 Å². The van der Waals surface area contributed by atoms with Gasteiger partial charge < -0.3 is 10.4 Å². The van der Waals surface area contributed by atoms with E-state index < -0.39 is 0 Å². The highest BCUT2D eigenvalue weighted by atomic mass is 35.5. The van der Waals surface area contributed by atoms with Crippen molar-refractivity contribution in [1.82, 2.24) is 5.32 Å². The Labute approximate surface area is 120 Å². The quantitative estimate of drug-likeness (QED) is 0.878. The second-order valence-corrected chi connectivity index (χ2v) is 6.08. The molecule has 0 aliphatic rings. The molecular formula is C14H15ClFNOS. The molecule has 5 heteroatoms. The van der Waals surface area contributed by atoms with E-state index in [1.54, 1.807) is 23.5 Å². The van der Waals surface area contributed by atoms with Gasteiger partial charge in [-0.1, -0.05) is 17.7 Å². The molecule has 2 nitrogen and oxygen atoms in total. The zero-order valence-electron chi connectivity index (χ0n) is 10.5. The SMILES string of the molecule is CC(NCc1ccc(F)c(CO)c1)c1ccc(Cl)s1. The van der Waals surface area contributed by atoms with E-state index >= 15 is 0 Å². The molecule has 1 aromatic carbocycles. The Morgan fingerprint density at radius 2 is 2.16 bits per heavy atom. The van der Waals surface area contributed by atoms with Crippen molar-refractivity contribution in [3.05, 3.63) is 56.5 Å². The predicted molar refractivity (Wildman–Crippen MR) is 76.9 cm³/mol. The molecule has 0 saturated heterocycles. The van der Waals surface area contributed by atoms with Gasteiger partial charge in [-0.25, -0.2) is 4.39 Å². The molecule has 1 heterocycles. The first kappa shape index (κ1) is 14.5. The molecule has 0 radical (unpaired) electrons. The summed E-state index contributed by atoms with van der Waals surface area (Å²) in [4.78, 5) is 1.16. The molecule has 1 unspecified atom stereocenters. The van der Waals surface area contributed by atoms with Gasteiger partial charge in [0, 0.05) is 23.0 Å². The van der Waals surface area contributed by atoms with Gasteiger partial charge in [-0.05, 0) is 36.8 Å². The lowest BCUT2D eigenvalue weighted by atomic mass is 10.1. The van der Waals surface area contributed by atoms with Gasteiger partial charge in [-0.15, -0.1) is 11.3 Å². The van der Waals surface area contributed by atoms with Crippen LogP contribution in [0, 0.1) is 5.82 Å². The first-order valence-electron chi connectivity index (χ1n) is 5.97. The third kappa shape index (κ3) is 3.76. The van der Waals surface area contributed by atoms with Crippen LogP contribution in [0.5, 0.6) is 0 Å². The zero-order valence-corrected chi connectivity index (χ0v) is 12.1. The second kappa shape index (κ2) is 6.48. The summed E-state index contributed by atoms with van der Waals surface area (Å²) >= 11 is 7.44. The lowest BCUT2D eigenvalue weighted by Gasteiger charge is -2.12. The highest BCUT2D eigenvalue weighted by Crippen LogP contribution is 2.26. The molecule has 0 aliphatic heterocycles. The Bertz CT molecular complexity index is 558. The summed E-state index contributed by atoms with van der Waals surface area (Å²) in [5.41, 5.74) is 1.27. The van der Waals surface area contributed by atoms with Crippen LogP contribution in [0.1, 0.15) is 29.0 Å². The molecule has 0 amide bonds. The van der Waals surface area contributed by atoms with Crippen LogP contribution in [-0.4, -0.2) is 5.11 Å². The number of hydrogen-bond acceptors (Lipinski definition) is 3. The number of rotatable bonds is 5. The summed E-state index contributed by atoms with van der Waals surface area (Å²) in [5.74, 6) is -0.371. The van der Waals surface area contributed by atoms with Crippen LogP contribution in [0.25, 0.3) is 0 Å². The van der Waals surface area contributed by atoms with Crippen molar-refractivity contribution >= 4 is 22.9 Å². The maximum Gasteiger partial charge on any atom is 0.128 e. The molecule has 19 heavy (non-hydrogen) atoms. The monoisotopic (exact) mass is 299 g/mol. The van der Waals surface area contributed by atoms with E-state index in [9.17, 15) is 4.39 Å². The average molecular weight is 300 g/mol. The van der Waals surface area contributed by atoms with E-state index in [2.05, 4.69) is 12.2 Å². The fourth-order valence-electron chi connectivity index (χ4n) is 1.79. The molecule has 0 bridgehead atoms. The maximum atomic E-state index is 13.2. The normalized spacial score (nSPS) is 12.6. The lowest BCUT2D eigenvalue weighted by Crippen LogP contribution is -2.17. The van der Waals surface area contributed by atoms with Crippen molar-refractivity contribution in [2.75, 3.05) is 0 Å². The summed E-state index contributed by atoms with van der Waals surface area (Å²) in [6, 6.07) is 8.83. The molecule has 2 rings (SSSR count). The van der Waals surface area contributed by atoms with Gasteiger partial charge in [0.05, 0.1) is 10.9 Å². The number of nitrogens with one attached hydrogen (secondary N) is 1. The summed E-state index contributed by atoms with van der Waals surface area (Å²) < 4.78 is 14.0. The smallest absolute Gasteiger partial charge is 0.128 e. The van der Waals surface area contributed by atoms with Crippen LogP contribution >= 0.6 is 22.9 Å². The van der Waals surface area contributed by atoms with E-state index in [0.29, 0.717) is 12.1 Å². The van der Waals surface area contributed by atoms with Gasteiger partial charge in [0.1, 0.15) is 5.82 Å². The Morgan fingerprint density at radius 3 is 2.79 bits per heavy atom. The molecular weight excluding hydrogens is 285 g/mol. The summed E-state index contributed by atoms with van der Waals surface area (Å²) in [6.07, 6.45) is 0. The largest absolute Gasteiger partial charge is 0.392 e. The summed E-state index contributed by atoms with van der Waals surface area (Å²) in [7, 11) is 0. The average Bonchev–Trinajstić information content (AvgIpc) is 2.84. The van der Waals surface area contributed by atoms with Crippen LogP contribution in [0.3, 0.4) is 0 Å². The molecule has 0 aliphatic carbocycles. The predicted octanol–water partition coefficient (Wildman–Crippen LogP) is 3.88. The van der Waals surface area contributed by atoms with Crippen LogP contribution in [0.2, 0.25) is 4.34 Å². The third-order valence-electron chi connectivity index (χ3n) is 2.91. The van der Waals surface area contributed by atoms with Gasteiger partial charge in [-0.3, -0.25) is 0 Å². The number of aliphatic hydroxyl groups is 1. The van der Waals surface area contributed by atoms with Crippen LogP contribution in [0.4, 0.5) is 4.39 Å². The molecule has 0 spiro atoms. The second-order valence-electron chi connectivity index (χ2n) is 4.33. The van der Waals surface area contributed by atoms with Gasteiger partial charge >= 0.3 is 0 Å². The van der Waals surface area contributed by atoms with Crippen LogP contribution in [0.15, 0.2) is 30.3 Å². The van der Waals surface area contributed by atoms with Crippen LogP contribution in [-0.2, 0) is 13.2 Å². The van der Waals surface area contributed by atoms with Crippen molar-refractivity contribution in [2.24, 2.45) is 0 Å². The first-order chi connectivity index (χ1) is 9.10. The maximum absolute atomic E-state index is 13.2. The fraction of sp³-hybridized carbons (Fsp3) is 0.286. The minimum atomic E-state index is -0.371. The molecule has 2 aromatic rings. The molecule has 102 valence electrons. The van der Waals surface area contributed by atoms with Gasteiger partial charge in [0.15, 0.2) is 0 Å². The van der Waals surface area contributed by atoms with E-state index in [1.165, 1.54) is 6.07 Å². The first-order valence-corrected chi connectivity index (χ1v) is 7.16. The van der Waals surface area contributed by atoms with E-state index in [4.69, 9.17) is 16.7 Å². The number of halogens is 2. The van der Waals surface area contributed by atoms with Crippen molar-refractivity contribution in [3.8, 4) is 0 Å². The molecule has 1 atom stereocenters. The van der Waals surface area contributed by atoms with Crippen molar-refractivity contribution < 1.29 is 9.50 Å². The highest BCUT2D eigenvalue weighted by molar-refractivity contribution is 7.16. The zero-order chi connectivity index (χ0) is 13.8. The van der Waals surface area contributed by atoms with Gasteiger partial charge in [-0.2, -0.15) is 0 Å². The van der Waals surface area contributed by atoms with Gasteiger partial charge in [0.2, 0.25) is 0 Å². The number of hydrogen-bond donors (Lipinski definition) is 2. The minimum Gasteiger partial charge on any atom is -0.392 e. The fourth-order valence-corrected chi connectivity index (χ4v) is 2.88. The Kier molecular flexibility index (Phi) is 4.93. The van der Waals surface area contributed by atoms with E-state index in [-0.39, 0.29) is 18.5 Å². The third-order valence-corrected chi connectivity index (χ3v) is 4.33. The standard InChI is InChI=1S/C14H15ClFNOS/c1-9(13-4-5-14(15)19-13)17-7-10-2-3-12(16)11(6-10)8-18/h2-6,9,17-18H,7-8H2,1H3. The van der Waals surface area contributed by atoms with E-state index in [0.717, 1.165) is 14.8 Å². The highest BCUT2D eigenvalue weighted by Gasteiger charge is 2.08. The van der Waals surface area contributed by atoms with Crippen molar-refractivity contribution in [1.29, 1.82) is 0 Å². The Hall–Kier alpha value is -0.940. The number of benzene rings is 1. The lowest BCUT2D eigenvalue weighted by molar-refractivity contribution is 0.275.